The third-order valence-corrected chi connectivity index (χ3v) is 4.68. The van der Waals surface area contributed by atoms with Crippen LogP contribution >= 0.6 is 11.6 Å². The van der Waals surface area contributed by atoms with Gasteiger partial charge in [0.05, 0.1) is 0 Å². The number of hydrogen-bond donors (Lipinski definition) is 0. The van der Waals surface area contributed by atoms with Crippen molar-refractivity contribution in [2.75, 3.05) is 51.3 Å². The first kappa shape index (κ1) is 18.3. The zero-order valence-electron chi connectivity index (χ0n) is 14.2. The summed E-state index contributed by atoms with van der Waals surface area (Å²) in [4.78, 5) is 4.71. The summed E-state index contributed by atoms with van der Waals surface area (Å²) in [5.41, 5.74) is 1.28. The Kier molecular flexibility index (Phi) is 7.93. The largest absolute Gasteiger partial charge is 0.381 e. The molecule has 0 amide bonds. The second-order valence-corrected chi connectivity index (χ2v) is 6.82. The fraction of sp³-hybridized carbons (Fsp3) is 0.579. The average Bonchev–Trinajstić information content (AvgIpc) is 2.56. The van der Waals surface area contributed by atoms with E-state index < -0.39 is 0 Å². The van der Waals surface area contributed by atoms with Crippen LogP contribution in [0.25, 0.3) is 0 Å². The van der Waals surface area contributed by atoms with Crippen LogP contribution < -0.4 is 4.90 Å². The fourth-order valence-electron chi connectivity index (χ4n) is 3.01. The molecule has 0 unspecified atom stereocenters. The van der Waals surface area contributed by atoms with Crippen LogP contribution in [0.3, 0.4) is 0 Å². The second kappa shape index (κ2) is 9.96. The van der Waals surface area contributed by atoms with Crippen LogP contribution in [-0.4, -0.2) is 51.3 Å². The van der Waals surface area contributed by atoms with E-state index in [1.807, 2.05) is 18.2 Å². The number of halogens is 1. The van der Waals surface area contributed by atoms with E-state index in [0.717, 1.165) is 50.8 Å². The summed E-state index contributed by atoms with van der Waals surface area (Å²) in [6, 6.07) is 8.16. The molecule has 3 nitrogen and oxygen atoms in total. The van der Waals surface area contributed by atoms with Gasteiger partial charge in [0, 0.05) is 50.1 Å². The minimum Gasteiger partial charge on any atom is -0.381 e. The average molecular weight is 337 g/mol. The standard InChI is InChI=1S/C19H29ClN2O/c1-3-11-21(2)12-4-15-23-16-17-9-13-22(14-10-17)19-7-5-18(20)6-8-19/h3,5-8,17H,1,4,9-16H2,2H3. The smallest absolute Gasteiger partial charge is 0.0495 e. The lowest BCUT2D eigenvalue weighted by Gasteiger charge is -2.33. The summed E-state index contributed by atoms with van der Waals surface area (Å²) in [6.45, 7) is 9.75. The van der Waals surface area contributed by atoms with Gasteiger partial charge in [-0.05, 0) is 56.5 Å². The highest BCUT2D eigenvalue weighted by Gasteiger charge is 2.19. The summed E-state index contributed by atoms with van der Waals surface area (Å²) < 4.78 is 5.87. The molecule has 1 fully saturated rings. The third kappa shape index (κ3) is 6.54. The van der Waals surface area contributed by atoms with Gasteiger partial charge in [-0.25, -0.2) is 0 Å². The summed E-state index contributed by atoms with van der Waals surface area (Å²) in [6.07, 6.45) is 5.45. The van der Waals surface area contributed by atoms with Gasteiger partial charge in [0.25, 0.3) is 0 Å². The lowest BCUT2D eigenvalue weighted by Crippen LogP contribution is -2.35. The molecule has 0 N–H and O–H groups in total. The molecule has 1 saturated heterocycles. The minimum atomic E-state index is 0.699. The number of rotatable bonds is 9. The van der Waals surface area contributed by atoms with Gasteiger partial charge in [0.15, 0.2) is 0 Å². The Bertz CT molecular complexity index is 455. The van der Waals surface area contributed by atoms with Crippen molar-refractivity contribution in [3.8, 4) is 0 Å². The topological polar surface area (TPSA) is 15.7 Å². The first-order chi connectivity index (χ1) is 11.2. The SMILES string of the molecule is C=CCN(C)CCCOCC1CCN(c2ccc(Cl)cc2)CC1. The molecule has 1 aromatic carbocycles. The number of piperidine rings is 1. The number of hydrogen-bond acceptors (Lipinski definition) is 3. The highest BCUT2D eigenvalue weighted by atomic mass is 35.5. The van der Waals surface area contributed by atoms with Crippen molar-refractivity contribution >= 4 is 17.3 Å². The molecule has 128 valence electrons. The van der Waals surface area contributed by atoms with Gasteiger partial charge < -0.3 is 14.5 Å². The van der Waals surface area contributed by atoms with Crippen LogP contribution in [0.15, 0.2) is 36.9 Å². The first-order valence-electron chi connectivity index (χ1n) is 8.56. The number of likely N-dealkylation sites (N-methyl/N-ethyl adjacent to an activating group) is 1. The summed E-state index contributed by atoms with van der Waals surface area (Å²) in [5, 5.41) is 0.802. The van der Waals surface area contributed by atoms with Crippen LogP contribution in [0.2, 0.25) is 5.02 Å². The Balaban J connectivity index is 1.58. The van der Waals surface area contributed by atoms with Crippen molar-refractivity contribution in [2.45, 2.75) is 19.3 Å². The Morgan fingerprint density at radius 2 is 2.00 bits per heavy atom. The fourth-order valence-corrected chi connectivity index (χ4v) is 3.13. The molecule has 4 heteroatoms. The Hall–Kier alpha value is -1.03. The number of ether oxygens (including phenoxy) is 1. The van der Waals surface area contributed by atoms with E-state index in [9.17, 15) is 0 Å². The lowest BCUT2D eigenvalue weighted by molar-refractivity contribution is 0.0844. The zero-order valence-corrected chi connectivity index (χ0v) is 15.0. The van der Waals surface area contributed by atoms with Crippen molar-refractivity contribution in [3.05, 3.63) is 41.9 Å². The van der Waals surface area contributed by atoms with E-state index in [1.165, 1.54) is 18.5 Å². The van der Waals surface area contributed by atoms with Gasteiger partial charge in [-0.1, -0.05) is 17.7 Å². The Labute approximate surface area is 145 Å². The maximum absolute atomic E-state index is 5.95. The van der Waals surface area contributed by atoms with Gasteiger partial charge in [-0.15, -0.1) is 6.58 Å². The molecule has 23 heavy (non-hydrogen) atoms. The van der Waals surface area contributed by atoms with Gasteiger partial charge in [0.1, 0.15) is 0 Å². The molecule has 0 saturated carbocycles. The van der Waals surface area contributed by atoms with Gasteiger partial charge >= 0.3 is 0 Å². The van der Waals surface area contributed by atoms with Crippen molar-refractivity contribution in [3.63, 3.8) is 0 Å². The highest BCUT2D eigenvalue weighted by Crippen LogP contribution is 2.24. The van der Waals surface area contributed by atoms with E-state index in [-0.39, 0.29) is 0 Å². The molecule has 1 aliphatic heterocycles. The molecular formula is C19H29ClN2O. The lowest BCUT2D eigenvalue weighted by atomic mass is 9.97. The molecule has 1 heterocycles. The summed E-state index contributed by atoms with van der Waals surface area (Å²) >= 11 is 5.95. The predicted molar refractivity (Wildman–Crippen MR) is 99.5 cm³/mol. The van der Waals surface area contributed by atoms with E-state index in [0.29, 0.717) is 5.92 Å². The van der Waals surface area contributed by atoms with E-state index in [2.05, 4.69) is 35.6 Å². The first-order valence-corrected chi connectivity index (χ1v) is 8.94. The van der Waals surface area contributed by atoms with Crippen LogP contribution in [0, 0.1) is 5.92 Å². The predicted octanol–water partition coefficient (Wildman–Crippen LogP) is 4.08. The van der Waals surface area contributed by atoms with Crippen molar-refractivity contribution in [1.82, 2.24) is 4.90 Å². The number of benzene rings is 1. The maximum atomic E-state index is 5.95. The maximum Gasteiger partial charge on any atom is 0.0495 e. The van der Waals surface area contributed by atoms with Crippen molar-refractivity contribution in [1.29, 1.82) is 0 Å². The minimum absolute atomic E-state index is 0.699. The molecule has 0 radical (unpaired) electrons. The number of nitrogens with zero attached hydrogens (tertiary/aromatic N) is 2. The summed E-state index contributed by atoms with van der Waals surface area (Å²) in [5.74, 6) is 0.699. The Morgan fingerprint density at radius 1 is 1.30 bits per heavy atom. The molecular weight excluding hydrogens is 308 g/mol. The van der Waals surface area contributed by atoms with Crippen molar-refractivity contribution in [2.24, 2.45) is 5.92 Å². The molecule has 2 rings (SSSR count). The molecule has 0 bridgehead atoms. The van der Waals surface area contributed by atoms with Crippen LogP contribution in [0.1, 0.15) is 19.3 Å². The number of anilines is 1. The van der Waals surface area contributed by atoms with E-state index >= 15 is 0 Å². The molecule has 0 spiro atoms. The van der Waals surface area contributed by atoms with Crippen LogP contribution in [0.4, 0.5) is 5.69 Å². The monoisotopic (exact) mass is 336 g/mol. The quantitative estimate of drug-likeness (QED) is 0.499. The molecule has 0 aliphatic carbocycles. The summed E-state index contributed by atoms with van der Waals surface area (Å²) in [7, 11) is 2.12. The normalized spacial score (nSPS) is 16.0. The molecule has 0 atom stereocenters. The van der Waals surface area contributed by atoms with E-state index in [1.54, 1.807) is 0 Å². The van der Waals surface area contributed by atoms with Gasteiger partial charge in [-0.2, -0.15) is 0 Å². The highest BCUT2D eigenvalue weighted by molar-refractivity contribution is 6.30. The van der Waals surface area contributed by atoms with Crippen LogP contribution in [0.5, 0.6) is 0 Å². The molecule has 1 aromatic rings. The zero-order chi connectivity index (χ0) is 16.5. The third-order valence-electron chi connectivity index (χ3n) is 4.43. The van der Waals surface area contributed by atoms with Crippen LogP contribution in [-0.2, 0) is 4.74 Å². The second-order valence-electron chi connectivity index (χ2n) is 6.39. The van der Waals surface area contributed by atoms with Crippen molar-refractivity contribution < 1.29 is 4.74 Å². The molecule has 0 aromatic heterocycles. The molecule has 1 aliphatic rings. The van der Waals surface area contributed by atoms with Gasteiger partial charge in [0.2, 0.25) is 0 Å². The van der Waals surface area contributed by atoms with E-state index in [4.69, 9.17) is 16.3 Å². The van der Waals surface area contributed by atoms with Gasteiger partial charge in [-0.3, -0.25) is 0 Å². The Morgan fingerprint density at radius 3 is 2.65 bits per heavy atom.